The Hall–Kier alpha value is -3.95. The second-order valence-electron chi connectivity index (χ2n) is 16.0. The van der Waals surface area contributed by atoms with Gasteiger partial charge in [-0.1, -0.05) is 148 Å². The topological polar surface area (TPSA) is 186 Å². The second kappa shape index (κ2) is 41.3. The number of ether oxygens (including phenoxy) is 4. The first-order valence-electron chi connectivity index (χ1n) is 24.1. The molecule has 12 nitrogen and oxygen atoms in total. The van der Waals surface area contributed by atoms with Crippen molar-refractivity contribution in [3.05, 3.63) is 122 Å². The standard InChI is InChI=1S/C53H82O12S/c1-3-5-7-9-11-13-15-17-19-21-23-25-27-29-31-33-35-37-39-41-48(54)62-43-46(44-63-53-52(58)51(57)50(56)47(65-53)45-66(59,60)61)64-49(55)42-40-38-36-34-32-30-28-26-24-22-20-18-16-14-12-10-8-6-4-2/h5-8,11-14,17-20,23-26,29-32,46-47,50-53,56-58H,3-4,9-10,15-16,21-22,27-28,33-45H2,1-2H3,(H,59,60,61)/b7-5-,8-6-,13-11-,14-12-,19-17-,20-18-,25-23-,26-24-,31-29-,32-30-. The quantitative estimate of drug-likeness (QED) is 0.0199. The minimum atomic E-state index is -4.62. The summed E-state index contributed by atoms with van der Waals surface area (Å²) >= 11 is 0. The van der Waals surface area contributed by atoms with E-state index in [0.29, 0.717) is 12.8 Å². The van der Waals surface area contributed by atoms with Crippen molar-refractivity contribution >= 4 is 22.1 Å². The zero-order valence-electron chi connectivity index (χ0n) is 39.7. The van der Waals surface area contributed by atoms with Crippen LogP contribution in [0.5, 0.6) is 0 Å². The summed E-state index contributed by atoms with van der Waals surface area (Å²) in [7, 11) is -4.62. The van der Waals surface area contributed by atoms with Crippen LogP contribution in [0, 0.1) is 0 Å². The van der Waals surface area contributed by atoms with Crippen molar-refractivity contribution in [1.29, 1.82) is 0 Å². The maximum atomic E-state index is 12.8. The fraction of sp³-hybridized carbons (Fsp3) is 0.585. The van der Waals surface area contributed by atoms with E-state index in [2.05, 4.69) is 135 Å². The molecule has 0 aromatic heterocycles. The van der Waals surface area contributed by atoms with E-state index in [0.717, 1.165) is 103 Å². The monoisotopic (exact) mass is 943 g/mol. The molecule has 0 radical (unpaired) electrons. The van der Waals surface area contributed by atoms with Crippen molar-refractivity contribution in [1.82, 2.24) is 0 Å². The molecule has 1 fully saturated rings. The van der Waals surface area contributed by atoms with E-state index < -0.39 is 71.2 Å². The molecule has 66 heavy (non-hydrogen) atoms. The van der Waals surface area contributed by atoms with E-state index in [1.165, 1.54) is 0 Å². The second-order valence-corrected chi connectivity index (χ2v) is 17.5. The minimum absolute atomic E-state index is 0.109. The van der Waals surface area contributed by atoms with Crippen molar-refractivity contribution < 1.29 is 56.8 Å². The highest BCUT2D eigenvalue weighted by Crippen LogP contribution is 2.24. The molecular weight excluding hydrogens is 861 g/mol. The molecule has 0 amide bonds. The Morgan fingerprint density at radius 2 is 0.909 bits per heavy atom. The highest BCUT2D eigenvalue weighted by atomic mass is 32.2. The van der Waals surface area contributed by atoms with Crippen molar-refractivity contribution in [3.63, 3.8) is 0 Å². The van der Waals surface area contributed by atoms with Crippen molar-refractivity contribution in [2.75, 3.05) is 19.0 Å². The molecule has 4 N–H and O–H groups in total. The number of aliphatic hydroxyl groups excluding tert-OH is 3. The van der Waals surface area contributed by atoms with Gasteiger partial charge >= 0.3 is 11.9 Å². The Balaban J connectivity index is 2.48. The fourth-order valence-electron chi connectivity index (χ4n) is 6.37. The van der Waals surface area contributed by atoms with Gasteiger partial charge in [0.15, 0.2) is 12.4 Å². The summed E-state index contributed by atoms with van der Waals surface area (Å²) in [6, 6.07) is 0. The predicted octanol–water partition coefficient (Wildman–Crippen LogP) is 10.6. The number of carbonyl (C=O) groups is 2. The number of carbonyl (C=O) groups excluding carboxylic acids is 2. The van der Waals surface area contributed by atoms with Gasteiger partial charge in [0.25, 0.3) is 10.1 Å². The molecule has 1 heterocycles. The van der Waals surface area contributed by atoms with E-state index in [1.54, 1.807) is 0 Å². The summed E-state index contributed by atoms with van der Waals surface area (Å²) in [5.41, 5.74) is 0. The van der Waals surface area contributed by atoms with Crippen LogP contribution in [-0.2, 0) is 38.7 Å². The Morgan fingerprint density at radius 3 is 1.32 bits per heavy atom. The zero-order valence-corrected chi connectivity index (χ0v) is 40.6. The van der Waals surface area contributed by atoms with Crippen LogP contribution < -0.4 is 0 Å². The molecule has 0 aromatic rings. The molecule has 0 spiro atoms. The number of esters is 2. The van der Waals surface area contributed by atoms with E-state index in [-0.39, 0.29) is 19.4 Å². The largest absolute Gasteiger partial charge is 0.462 e. The van der Waals surface area contributed by atoms with E-state index >= 15 is 0 Å². The normalized spacial score (nSPS) is 20.5. The Labute approximate surface area is 397 Å². The Bertz CT molecular complexity index is 1670. The fourth-order valence-corrected chi connectivity index (χ4v) is 7.07. The highest BCUT2D eigenvalue weighted by Gasteiger charge is 2.46. The van der Waals surface area contributed by atoms with Gasteiger partial charge in [-0.15, -0.1) is 0 Å². The lowest BCUT2D eigenvalue weighted by molar-refractivity contribution is -0.297. The minimum Gasteiger partial charge on any atom is -0.462 e. The predicted molar refractivity (Wildman–Crippen MR) is 265 cm³/mol. The summed E-state index contributed by atoms with van der Waals surface area (Å²) in [6.07, 6.45) is 49.5. The number of rotatable bonds is 38. The van der Waals surface area contributed by atoms with Gasteiger partial charge in [-0.2, -0.15) is 8.42 Å². The summed E-state index contributed by atoms with van der Waals surface area (Å²) in [5, 5.41) is 30.9. The summed E-state index contributed by atoms with van der Waals surface area (Å²) in [5.74, 6) is -2.09. The molecule has 1 aliphatic heterocycles. The third-order valence-corrected chi connectivity index (χ3v) is 10.8. The van der Waals surface area contributed by atoms with Crippen LogP contribution >= 0.6 is 0 Å². The molecule has 372 valence electrons. The van der Waals surface area contributed by atoms with Gasteiger partial charge in [-0.05, 0) is 103 Å². The average Bonchev–Trinajstić information content (AvgIpc) is 3.28. The molecule has 0 aromatic carbocycles. The molecule has 6 atom stereocenters. The molecule has 0 bridgehead atoms. The molecular formula is C53H82O12S. The molecule has 0 saturated carbocycles. The lowest BCUT2D eigenvalue weighted by Crippen LogP contribution is -2.60. The van der Waals surface area contributed by atoms with Crippen LogP contribution in [0.4, 0.5) is 0 Å². The summed E-state index contributed by atoms with van der Waals surface area (Å²) < 4.78 is 54.1. The van der Waals surface area contributed by atoms with Gasteiger partial charge in [0.2, 0.25) is 0 Å². The van der Waals surface area contributed by atoms with E-state index in [1.807, 2.05) is 0 Å². The van der Waals surface area contributed by atoms with Gasteiger partial charge in [0.1, 0.15) is 36.8 Å². The zero-order chi connectivity index (χ0) is 48.4. The SMILES string of the molecule is CC/C=C\C/C=C\C/C=C\C/C=C\C/C=C\CCCCCC(=O)OCC(COC1OC(CS(=O)(=O)O)C(O)C(O)C1O)OC(=O)CCCCC/C=C\C/C=C\C/C=C\C/C=C\C/C=C\CC. The van der Waals surface area contributed by atoms with Gasteiger partial charge in [0, 0.05) is 12.8 Å². The smallest absolute Gasteiger partial charge is 0.306 e. The maximum absolute atomic E-state index is 12.8. The van der Waals surface area contributed by atoms with Crippen molar-refractivity contribution in [2.24, 2.45) is 0 Å². The number of unbranched alkanes of at least 4 members (excludes halogenated alkanes) is 6. The van der Waals surface area contributed by atoms with Crippen molar-refractivity contribution in [2.45, 2.75) is 179 Å². The van der Waals surface area contributed by atoms with Gasteiger partial charge < -0.3 is 34.3 Å². The van der Waals surface area contributed by atoms with E-state index in [4.69, 9.17) is 18.9 Å². The molecule has 1 saturated heterocycles. The highest BCUT2D eigenvalue weighted by molar-refractivity contribution is 7.85. The van der Waals surface area contributed by atoms with Gasteiger partial charge in [-0.25, -0.2) is 0 Å². The van der Waals surface area contributed by atoms with Crippen LogP contribution in [-0.4, -0.2) is 96.0 Å². The third-order valence-electron chi connectivity index (χ3n) is 10.0. The third kappa shape index (κ3) is 35.3. The van der Waals surface area contributed by atoms with Crippen LogP contribution in [0.1, 0.15) is 142 Å². The number of hydrogen-bond donors (Lipinski definition) is 4. The first-order valence-corrected chi connectivity index (χ1v) is 25.7. The van der Waals surface area contributed by atoms with Crippen LogP contribution in [0.15, 0.2) is 122 Å². The van der Waals surface area contributed by atoms with Gasteiger partial charge in [-0.3, -0.25) is 14.1 Å². The number of allylic oxidation sites excluding steroid dienone is 20. The number of aliphatic hydroxyl groups is 3. The lowest BCUT2D eigenvalue weighted by atomic mass is 10.00. The Kier molecular flexibility index (Phi) is 37.5. The van der Waals surface area contributed by atoms with Crippen molar-refractivity contribution in [3.8, 4) is 0 Å². The molecule has 1 rings (SSSR count). The van der Waals surface area contributed by atoms with Crippen LogP contribution in [0.2, 0.25) is 0 Å². The van der Waals surface area contributed by atoms with Gasteiger partial charge in [0.05, 0.1) is 6.61 Å². The Morgan fingerprint density at radius 1 is 0.515 bits per heavy atom. The summed E-state index contributed by atoms with van der Waals surface area (Å²) in [4.78, 5) is 25.5. The van der Waals surface area contributed by atoms with Crippen LogP contribution in [0.25, 0.3) is 0 Å². The average molecular weight is 943 g/mol. The number of hydrogen-bond acceptors (Lipinski definition) is 11. The van der Waals surface area contributed by atoms with E-state index in [9.17, 15) is 37.9 Å². The molecule has 6 unspecified atom stereocenters. The summed E-state index contributed by atoms with van der Waals surface area (Å²) in [6.45, 7) is 3.46. The van der Waals surface area contributed by atoms with Crippen LogP contribution in [0.3, 0.4) is 0 Å². The molecule has 1 aliphatic rings. The first kappa shape index (κ1) is 60.1. The first-order chi connectivity index (χ1) is 32.0. The maximum Gasteiger partial charge on any atom is 0.306 e. The molecule has 13 heteroatoms. The molecule has 0 aliphatic carbocycles. The lowest BCUT2D eigenvalue weighted by Gasteiger charge is -2.40.